The summed E-state index contributed by atoms with van der Waals surface area (Å²) in [6, 6.07) is 3.00. The molecule has 0 unspecified atom stereocenters. The van der Waals surface area contributed by atoms with Crippen LogP contribution in [-0.4, -0.2) is 13.2 Å². The number of rotatable bonds is 6. The number of benzene rings is 1. The summed E-state index contributed by atoms with van der Waals surface area (Å²) in [7, 11) is 0. The van der Waals surface area contributed by atoms with Crippen molar-refractivity contribution < 1.29 is 18.3 Å². The molecule has 2 nitrogen and oxygen atoms in total. The molecule has 0 radical (unpaired) electrons. The molecule has 2 aliphatic rings. The van der Waals surface area contributed by atoms with Gasteiger partial charge in [-0.15, -0.1) is 0 Å². The van der Waals surface area contributed by atoms with Gasteiger partial charge in [-0.25, -0.2) is 0 Å². The van der Waals surface area contributed by atoms with Gasteiger partial charge in [0.25, 0.3) is 0 Å². The van der Waals surface area contributed by atoms with E-state index in [9.17, 15) is 8.78 Å². The molecule has 25 heavy (non-hydrogen) atoms. The minimum absolute atomic E-state index is 0.00105. The molecule has 0 bridgehead atoms. The molecule has 4 heteroatoms. The number of ether oxygens (including phenoxy) is 2. The van der Waals surface area contributed by atoms with Gasteiger partial charge >= 0.3 is 0 Å². The van der Waals surface area contributed by atoms with Gasteiger partial charge in [-0.3, -0.25) is 0 Å². The van der Waals surface area contributed by atoms with Gasteiger partial charge in [0.2, 0.25) is 11.6 Å². The van der Waals surface area contributed by atoms with Gasteiger partial charge in [0.15, 0.2) is 11.5 Å². The lowest BCUT2D eigenvalue weighted by atomic mass is 9.83. The SMILES string of the molecule is CC1CCC(COc2ccc(OCC3CCCCC3)c(F)c2F)CC1. The lowest BCUT2D eigenvalue weighted by Gasteiger charge is -2.26. The molecule has 0 saturated heterocycles. The first kappa shape index (κ1) is 18.5. The van der Waals surface area contributed by atoms with E-state index in [-0.39, 0.29) is 11.5 Å². The molecule has 0 atom stereocenters. The Balaban J connectivity index is 1.52. The monoisotopic (exact) mass is 352 g/mol. The smallest absolute Gasteiger partial charge is 0.204 e. The second-order valence-electron chi connectivity index (χ2n) is 7.94. The topological polar surface area (TPSA) is 18.5 Å². The van der Waals surface area contributed by atoms with Crippen molar-refractivity contribution in [2.45, 2.75) is 64.7 Å². The molecule has 2 fully saturated rings. The summed E-state index contributed by atoms with van der Waals surface area (Å²) in [5.74, 6) is -0.174. The zero-order chi connectivity index (χ0) is 17.6. The number of hydrogen-bond acceptors (Lipinski definition) is 2. The lowest BCUT2D eigenvalue weighted by Crippen LogP contribution is -2.19. The maximum Gasteiger partial charge on any atom is 0.204 e. The van der Waals surface area contributed by atoms with Crippen molar-refractivity contribution in [1.82, 2.24) is 0 Å². The first-order valence-electron chi connectivity index (χ1n) is 9.87. The highest BCUT2D eigenvalue weighted by molar-refractivity contribution is 5.35. The van der Waals surface area contributed by atoms with E-state index in [1.54, 1.807) is 0 Å². The van der Waals surface area contributed by atoms with Gasteiger partial charge in [-0.2, -0.15) is 8.78 Å². The average Bonchev–Trinajstić information content (AvgIpc) is 2.64. The summed E-state index contributed by atoms with van der Waals surface area (Å²) in [6.45, 7) is 3.19. The molecule has 1 aromatic carbocycles. The third-order valence-electron chi connectivity index (χ3n) is 5.82. The average molecular weight is 352 g/mol. The highest BCUT2D eigenvalue weighted by atomic mass is 19.2. The van der Waals surface area contributed by atoms with E-state index in [1.165, 1.54) is 44.2 Å². The zero-order valence-electron chi connectivity index (χ0n) is 15.2. The van der Waals surface area contributed by atoms with Gasteiger partial charge in [-0.1, -0.05) is 39.0 Å². The highest BCUT2D eigenvalue weighted by Gasteiger charge is 2.21. The number of halogens is 2. The Hall–Kier alpha value is -1.32. The molecule has 0 spiro atoms. The van der Waals surface area contributed by atoms with Crippen molar-refractivity contribution in [3.05, 3.63) is 23.8 Å². The Kier molecular flexibility index (Phi) is 6.55. The predicted octanol–water partition coefficient (Wildman–Crippen LogP) is 6.13. The van der Waals surface area contributed by atoms with Crippen molar-refractivity contribution in [2.24, 2.45) is 17.8 Å². The Labute approximate surface area is 149 Å². The molecule has 0 aliphatic heterocycles. The Morgan fingerprint density at radius 2 is 1.24 bits per heavy atom. The zero-order valence-corrected chi connectivity index (χ0v) is 15.2. The second kappa shape index (κ2) is 8.86. The van der Waals surface area contributed by atoms with Gasteiger partial charge in [0, 0.05) is 0 Å². The second-order valence-corrected chi connectivity index (χ2v) is 7.94. The summed E-state index contributed by atoms with van der Waals surface area (Å²) in [4.78, 5) is 0. The number of hydrogen-bond donors (Lipinski definition) is 0. The van der Waals surface area contributed by atoms with Crippen molar-refractivity contribution >= 4 is 0 Å². The first-order chi connectivity index (χ1) is 12.1. The molecular weight excluding hydrogens is 322 g/mol. The first-order valence-corrected chi connectivity index (χ1v) is 9.87. The van der Waals surface area contributed by atoms with E-state index >= 15 is 0 Å². The summed E-state index contributed by atoms with van der Waals surface area (Å²) in [5.41, 5.74) is 0. The fraction of sp³-hybridized carbons (Fsp3) is 0.714. The van der Waals surface area contributed by atoms with E-state index in [1.807, 2.05) is 0 Å². The molecule has 1 aromatic rings. The third-order valence-corrected chi connectivity index (χ3v) is 5.82. The summed E-state index contributed by atoms with van der Waals surface area (Å²) < 4.78 is 39.6. The van der Waals surface area contributed by atoms with Crippen LogP contribution in [0.25, 0.3) is 0 Å². The molecule has 0 heterocycles. The summed E-state index contributed by atoms with van der Waals surface area (Å²) in [5, 5.41) is 0. The van der Waals surface area contributed by atoms with Crippen molar-refractivity contribution in [1.29, 1.82) is 0 Å². The van der Waals surface area contributed by atoms with Gasteiger partial charge in [0.05, 0.1) is 13.2 Å². The summed E-state index contributed by atoms with van der Waals surface area (Å²) in [6.07, 6.45) is 10.5. The minimum atomic E-state index is -0.926. The van der Waals surface area contributed by atoms with E-state index in [2.05, 4.69) is 6.92 Å². The van der Waals surface area contributed by atoms with E-state index in [0.29, 0.717) is 25.0 Å². The molecule has 0 aromatic heterocycles. The third kappa shape index (κ3) is 5.08. The highest BCUT2D eigenvalue weighted by Crippen LogP contribution is 2.32. The van der Waals surface area contributed by atoms with Gasteiger partial charge in [0.1, 0.15) is 0 Å². The van der Waals surface area contributed by atoms with Crippen LogP contribution in [0.15, 0.2) is 12.1 Å². The van der Waals surface area contributed by atoms with Crippen LogP contribution in [0.1, 0.15) is 64.7 Å². The Bertz CT molecular complexity index is 547. The predicted molar refractivity (Wildman–Crippen MR) is 95.0 cm³/mol. The largest absolute Gasteiger partial charge is 0.490 e. The molecule has 2 aliphatic carbocycles. The molecule has 2 saturated carbocycles. The van der Waals surface area contributed by atoms with Crippen LogP contribution in [0.4, 0.5) is 8.78 Å². The minimum Gasteiger partial charge on any atom is -0.490 e. The fourth-order valence-corrected chi connectivity index (χ4v) is 4.00. The lowest BCUT2D eigenvalue weighted by molar-refractivity contribution is 0.178. The van der Waals surface area contributed by atoms with Crippen LogP contribution in [0, 0.1) is 29.4 Å². The van der Waals surface area contributed by atoms with E-state index < -0.39 is 11.6 Å². The van der Waals surface area contributed by atoms with Crippen LogP contribution in [0.3, 0.4) is 0 Å². The van der Waals surface area contributed by atoms with Crippen LogP contribution in [0.5, 0.6) is 11.5 Å². The summed E-state index contributed by atoms with van der Waals surface area (Å²) >= 11 is 0. The molecule has 0 N–H and O–H groups in total. The molecular formula is C21H30F2O2. The van der Waals surface area contributed by atoms with E-state index in [0.717, 1.165) is 31.6 Å². The Morgan fingerprint density at radius 1 is 0.760 bits per heavy atom. The van der Waals surface area contributed by atoms with Crippen LogP contribution < -0.4 is 9.47 Å². The van der Waals surface area contributed by atoms with Crippen LogP contribution in [0.2, 0.25) is 0 Å². The Morgan fingerprint density at radius 3 is 1.76 bits per heavy atom. The maximum absolute atomic E-state index is 14.3. The van der Waals surface area contributed by atoms with Crippen LogP contribution in [-0.2, 0) is 0 Å². The van der Waals surface area contributed by atoms with E-state index in [4.69, 9.17) is 9.47 Å². The quantitative estimate of drug-likeness (QED) is 0.613. The van der Waals surface area contributed by atoms with Crippen molar-refractivity contribution in [2.75, 3.05) is 13.2 Å². The van der Waals surface area contributed by atoms with Crippen LogP contribution >= 0.6 is 0 Å². The molecule has 0 amide bonds. The standard InChI is InChI=1S/C21H30F2O2/c1-15-7-9-17(10-8-15)14-25-19-12-11-18(20(22)21(19)23)24-13-16-5-3-2-4-6-16/h11-12,15-17H,2-10,13-14H2,1H3. The maximum atomic E-state index is 14.3. The van der Waals surface area contributed by atoms with Gasteiger partial charge < -0.3 is 9.47 Å². The van der Waals surface area contributed by atoms with Gasteiger partial charge in [-0.05, 0) is 55.6 Å². The molecule has 140 valence electrons. The van der Waals surface area contributed by atoms with Crippen molar-refractivity contribution in [3.63, 3.8) is 0 Å². The fourth-order valence-electron chi connectivity index (χ4n) is 4.00. The van der Waals surface area contributed by atoms with Crippen molar-refractivity contribution in [3.8, 4) is 11.5 Å². The molecule has 3 rings (SSSR count). The normalized spacial score (nSPS) is 24.9.